The molecular weight excluding hydrogens is 310 g/mol. The van der Waals surface area contributed by atoms with Gasteiger partial charge in [0.2, 0.25) is 12.2 Å². The summed E-state index contributed by atoms with van der Waals surface area (Å²) in [6.07, 6.45) is 4.02. The monoisotopic (exact) mass is 331 g/mol. The van der Waals surface area contributed by atoms with Crippen LogP contribution in [0.1, 0.15) is 51.9 Å². The van der Waals surface area contributed by atoms with E-state index in [2.05, 4.69) is 6.92 Å². The zero-order valence-electron chi connectivity index (χ0n) is 12.8. The predicted octanol–water partition coefficient (Wildman–Crippen LogP) is 2.62. The highest BCUT2D eigenvalue weighted by atomic mass is 35.5. The van der Waals surface area contributed by atoms with Gasteiger partial charge in [-0.3, -0.25) is 9.59 Å². The van der Waals surface area contributed by atoms with Crippen molar-refractivity contribution in [1.82, 2.24) is 4.90 Å². The van der Waals surface area contributed by atoms with Crippen LogP contribution >= 0.6 is 11.6 Å². The minimum Gasteiger partial charge on any atom is -0.417 e. The minimum absolute atomic E-state index is 0.0811. The Morgan fingerprint density at radius 2 is 2.00 bits per heavy atom. The van der Waals surface area contributed by atoms with Gasteiger partial charge in [0.15, 0.2) is 5.78 Å². The van der Waals surface area contributed by atoms with Crippen LogP contribution in [0.25, 0.3) is 0 Å². The number of fused-ring (bicyclic) bond motifs is 1. The molecule has 0 radical (unpaired) electrons. The van der Waals surface area contributed by atoms with Gasteiger partial charge in [-0.25, -0.2) is 9.69 Å². The number of ether oxygens (including phenoxy) is 2. The molecular formula is C15H22ClNO5. The highest BCUT2D eigenvalue weighted by Crippen LogP contribution is 2.31. The topological polar surface area (TPSA) is 72.9 Å². The van der Waals surface area contributed by atoms with Crippen LogP contribution in [0.3, 0.4) is 0 Å². The van der Waals surface area contributed by atoms with Crippen molar-refractivity contribution in [3.8, 4) is 0 Å². The Balaban J connectivity index is 1.88. The standard InChI is InChI=1S/C15H22ClNO5/c1-2-3-4-5-6-7-12-11(18)8-10-14(21-12)22-15(20)17(10)13(19)9-16/h10,12,14H,2-9H2,1H3/t10-,12-,14-/m1/s1. The zero-order chi connectivity index (χ0) is 16.1. The fourth-order valence-electron chi connectivity index (χ4n) is 2.89. The summed E-state index contributed by atoms with van der Waals surface area (Å²) in [4.78, 5) is 36.5. The van der Waals surface area contributed by atoms with Crippen LogP contribution in [-0.4, -0.2) is 47.0 Å². The van der Waals surface area contributed by atoms with Gasteiger partial charge in [-0.1, -0.05) is 39.0 Å². The number of hydrogen-bond donors (Lipinski definition) is 0. The third kappa shape index (κ3) is 3.79. The minimum atomic E-state index is -0.849. The van der Waals surface area contributed by atoms with Gasteiger partial charge in [-0.15, -0.1) is 11.6 Å². The van der Waals surface area contributed by atoms with Crippen molar-refractivity contribution in [3.63, 3.8) is 0 Å². The number of nitrogens with zero attached hydrogens (tertiary/aromatic N) is 1. The van der Waals surface area contributed by atoms with E-state index in [0.717, 1.165) is 24.2 Å². The second-order valence-corrected chi connectivity index (χ2v) is 5.98. The van der Waals surface area contributed by atoms with Gasteiger partial charge < -0.3 is 9.47 Å². The van der Waals surface area contributed by atoms with Crippen LogP contribution in [0.2, 0.25) is 0 Å². The van der Waals surface area contributed by atoms with Gasteiger partial charge in [0.25, 0.3) is 0 Å². The number of amides is 2. The smallest absolute Gasteiger partial charge is 0.417 e. The second kappa shape index (κ2) is 7.92. The SMILES string of the molecule is CCCCCCC[C@H]1O[C@@H]2OC(=O)N(C(=O)CCl)[C@@H]2CC1=O. The molecule has 2 saturated heterocycles. The first-order chi connectivity index (χ1) is 10.6. The van der Waals surface area contributed by atoms with E-state index in [0.29, 0.717) is 6.42 Å². The summed E-state index contributed by atoms with van der Waals surface area (Å²) in [6, 6.07) is -0.678. The predicted molar refractivity (Wildman–Crippen MR) is 79.5 cm³/mol. The molecule has 0 aromatic heterocycles. The Kier molecular flexibility index (Phi) is 6.20. The maximum atomic E-state index is 12.2. The van der Waals surface area contributed by atoms with Crippen LogP contribution in [-0.2, 0) is 19.1 Å². The molecule has 22 heavy (non-hydrogen) atoms. The van der Waals surface area contributed by atoms with Crippen molar-refractivity contribution < 1.29 is 23.9 Å². The summed E-state index contributed by atoms with van der Waals surface area (Å²) >= 11 is 5.48. The van der Waals surface area contributed by atoms with E-state index >= 15 is 0 Å². The van der Waals surface area contributed by atoms with Crippen molar-refractivity contribution in [2.75, 3.05) is 5.88 Å². The molecule has 0 unspecified atom stereocenters. The lowest BCUT2D eigenvalue weighted by molar-refractivity contribution is -0.175. The molecule has 2 amide bonds. The Hall–Kier alpha value is -1.14. The summed E-state index contributed by atoms with van der Waals surface area (Å²) in [7, 11) is 0. The summed E-state index contributed by atoms with van der Waals surface area (Å²) in [5.74, 6) is -0.969. The molecule has 0 N–H and O–H groups in total. The van der Waals surface area contributed by atoms with Gasteiger partial charge in [0.05, 0.1) is 0 Å². The number of unbranched alkanes of at least 4 members (excludes halogenated alkanes) is 4. The van der Waals surface area contributed by atoms with Crippen molar-refractivity contribution in [1.29, 1.82) is 0 Å². The van der Waals surface area contributed by atoms with E-state index < -0.39 is 30.4 Å². The van der Waals surface area contributed by atoms with Gasteiger partial charge in [0, 0.05) is 6.42 Å². The molecule has 124 valence electrons. The fourth-order valence-corrected chi connectivity index (χ4v) is 3.02. The number of hydrogen-bond acceptors (Lipinski definition) is 5. The normalized spacial score (nSPS) is 27.7. The van der Waals surface area contributed by atoms with Crippen LogP contribution in [0.5, 0.6) is 0 Å². The number of carbonyl (C=O) groups is 3. The number of imide groups is 1. The van der Waals surface area contributed by atoms with Crippen molar-refractivity contribution in [2.24, 2.45) is 0 Å². The van der Waals surface area contributed by atoms with Crippen LogP contribution < -0.4 is 0 Å². The molecule has 0 aromatic rings. The molecule has 6 nitrogen and oxygen atoms in total. The first-order valence-corrected chi connectivity index (χ1v) is 8.38. The number of halogens is 1. The number of carbonyl (C=O) groups excluding carboxylic acids is 3. The molecule has 2 aliphatic heterocycles. The molecule has 2 rings (SSSR count). The first kappa shape index (κ1) is 17.2. The number of ketones is 1. The maximum Gasteiger partial charge on any atom is 0.419 e. The van der Waals surface area contributed by atoms with E-state index in [-0.39, 0.29) is 18.1 Å². The fraction of sp³-hybridized carbons (Fsp3) is 0.800. The lowest BCUT2D eigenvalue weighted by atomic mass is 9.97. The van der Waals surface area contributed by atoms with E-state index in [4.69, 9.17) is 21.1 Å². The Bertz CT molecular complexity index is 442. The lowest BCUT2D eigenvalue weighted by Gasteiger charge is -2.31. The van der Waals surface area contributed by atoms with E-state index in [1.807, 2.05) is 0 Å². The average Bonchev–Trinajstić information content (AvgIpc) is 2.81. The molecule has 0 spiro atoms. The van der Waals surface area contributed by atoms with Crippen molar-refractivity contribution in [3.05, 3.63) is 0 Å². The Labute approximate surface area is 135 Å². The third-order valence-corrected chi connectivity index (χ3v) is 4.31. The van der Waals surface area contributed by atoms with Crippen molar-refractivity contribution in [2.45, 2.75) is 70.3 Å². The van der Waals surface area contributed by atoms with E-state index in [1.165, 1.54) is 12.8 Å². The highest BCUT2D eigenvalue weighted by Gasteiger charge is 2.51. The molecule has 0 bridgehead atoms. The van der Waals surface area contributed by atoms with Gasteiger partial charge in [-0.05, 0) is 6.42 Å². The number of rotatable bonds is 7. The molecule has 2 fully saturated rings. The molecule has 3 atom stereocenters. The molecule has 2 heterocycles. The molecule has 2 aliphatic rings. The van der Waals surface area contributed by atoms with E-state index in [1.54, 1.807) is 0 Å². The summed E-state index contributed by atoms with van der Waals surface area (Å²) in [5, 5.41) is 0. The first-order valence-electron chi connectivity index (χ1n) is 7.85. The van der Waals surface area contributed by atoms with E-state index in [9.17, 15) is 14.4 Å². The quantitative estimate of drug-likeness (QED) is 0.529. The summed E-state index contributed by atoms with van der Waals surface area (Å²) < 4.78 is 10.7. The molecule has 0 saturated carbocycles. The van der Waals surface area contributed by atoms with Crippen molar-refractivity contribution >= 4 is 29.4 Å². The highest BCUT2D eigenvalue weighted by molar-refractivity contribution is 6.28. The van der Waals surface area contributed by atoms with Crippen LogP contribution in [0.15, 0.2) is 0 Å². The molecule has 0 aliphatic carbocycles. The lowest BCUT2D eigenvalue weighted by Crippen LogP contribution is -2.50. The van der Waals surface area contributed by atoms with Gasteiger partial charge in [-0.2, -0.15) is 0 Å². The summed E-state index contributed by atoms with van der Waals surface area (Å²) in [6.45, 7) is 2.15. The number of Topliss-reactive ketones (excluding diaryl/α,β-unsaturated/α-hetero) is 1. The Morgan fingerprint density at radius 1 is 1.27 bits per heavy atom. The third-order valence-electron chi connectivity index (χ3n) is 4.08. The van der Waals surface area contributed by atoms with Crippen LogP contribution in [0, 0.1) is 0 Å². The van der Waals surface area contributed by atoms with Crippen LogP contribution in [0.4, 0.5) is 4.79 Å². The average molecular weight is 332 g/mol. The zero-order valence-corrected chi connectivity index (χ0v) is 13.5. The Morgan fingerprint density at radius 3 is 2.68 bits per heavy atom. The maximum absolute atomic E-state index is 12.2. The largest absolute Gasteiger partial charge is 0.419 e. The molecule has 0 aromatic carbocycles. The van der Waals surface area contributed by atoms with Gasteiger partial charge in [0.1, 0.15) is 18.0 Å². The van der Waals surface area contributed by atoms with Gasteiger partial charge >= 0.3 is 6.09 Å². The molecule has 7 heteroatoms. The summed E-state index contributed by atoms with van der Waals surface area (Å²) in [5.41, 5.74) is 0. The number of alkyl halides is 1. The second-order valence-electron chi connectivity index (χ2n) is 5.71.